The highest BCUT2D eigenvalue weighted by Crippen LogP contribution is 2.10. The highest BCUT2D eigenvalue weighted by Gasteiger charge is 2.01. The van der Waals surface area contributed by atoms with Crippen molar-refractivity contribution < 1.29 is 0 Å². The highest BCUT2D eigenvalue weighted by molar-refractivity contribution is 7.98. The predicted molar refractivity (Wildman–Crippen MR) is 78.6 cm³/mol. The topological polar surface area (TPSA) is 55.6 Å². The highest BCUT2D eigenvalue weighted by atomic mass is 32.2. The van der Waals surface area contributed by atoms with Gasteiger partial charge in [0.15, 0.2) is 5.16 Å². The number of anilines is 1. The Hall–Kier alpha value is -1.56. The summed E-state index contributed by atoms with van der Waals surface area (Å²) in [5, 5.41) is 8.55. The number of aromatic nitrogens is 4. The van der Waals surface area contributed by atoms with Crippen molar-refractivity contribution in [2.24, 2.45) is 0 Å². The zero-order chi connectivity index (χ0) is 13.7. The second-order valence-corrected chi connectivity index (χ2v) is 5.13. The Kier molecular flexibility index (Phi) is 4.79. The number of aryl methyl sites for hydroxylation is 3. The van der Waals surface area contributed by atoms with Crippen molar-refractivity contribution in [3.8, 4) is 0 Å². The normalized spacial score (nSPS) is 10.7. The van der Waals surface area contributed by atoms with Crippen LogP contribution in [0.1, 0.15) is 17.8 Å². The molecular formula is C13H19N5S. The van der Waals surface area contributed by atoms with Gasteiger partial charge in [0.1, 0.15) is 5.82 Å². The smallest absolute Gasteiger partial charge is 0.189 e. The van der Waals surface area contributed by atoms with Gasteiger partial charge >= 0.3 is 0 Å². The largest absolute Gasteiger partial charge is 0.370 e. The van der Waals surface area contributed by atoms with E-state index in [9.17, 15) is 0 Å². The summed E-state index contributed by atoms with van der Waals surface area (Å²) in [6.45, 7) is 5.91. The molecule has 19 heavy (non-hydrogen) atoms. The molecule has 0 fully saturated rings. The molecule has 0 spiro atoms. The first-order valence-corrected chi connectivity index (χ1v) is 7.53. The van der Waals surface area contributed by atoms with E-state index in [1.807, 2.05) is 23.9 Å². The average Bonchev–Trinajstić information content (AvgIpc) is 2.73. The molecule has 102 valence electrons. The fraction of sp³-hybridized carbons (Fsp3) is 0.462. The average molecular weight is 277 g/mol. The molecule has 0 unspecified atom stereocenters. The van der Waals surface area contributed by atoms with Crippen LogP contribution >= 0.6 is 11.8 Å². The van der Waals surface area contributed by atoms with Gasteiger partial charge in [-0.05, 0) is 38.7 Å². The van der Waals surface area contributed by atoms with E-state index < -0.39 is 0 Å². The molecule has 2 rings (SSSR count). The molecule has 0 atom stereocenters. The van der Waals surface area contributed by atoms with Crippen LogP contribution in [-0.4, -0.2) is 32.5 Å². The number of nitrogens with zero attached hydrogens (tertiary/aromatic N) is 4. The Morgan fingerprint density at radius 3 is 2.89 bits per heavy atom. The molecule has 0 radical (unpaired) electrons. The van der Waals surface area contributed by atoms with Gasteiger partial charge in [-0.2, -0.15) is 5.10 Å². The SMILES string of the molecule is CSc1nccc(NCCCn2nc(C)cc2C)n1. The first-order valence-electron chi connectivity index (χ1n) is 6.31. The maximum Gasteiger partial charge on any atom is 0.189 e. The molecule has 0 saturated carbocycles. The van der Waals surface area contributed by atoms with Crippen LogP contribution in [0, 0.1) is 13.8 Å². The quantitative estimate of drug-likeness (QED) is 0.499. The molecule has 0 saturated heterocycles. The maximum atomic E-state index is 4.44. The van der Waals surface area contributed by atoms with Crippen LogP contribution in [0.25, 0.3) is 0 Å². The van der Waals surface area contributed by atoms with Gasteiger partial charge in [-0.25, -0.2) is 9.97 Å². The predicted octanol–water partition coefficient (Wildman–Crippen LogP) is 2.51. The second-order valence-electron chi connectivity index (χ2n) is 4.36. The fourth-order valence-corrected chi connectivity index (χ4v) is 2.24. The first kappa shape index (κ1) is 13.9. The van der Waals surface area contributed by atoms with Crippen molar-refractivity contribution >= 4 is 17.6 Å². The summed E-state index contributed by atoms with van der Waals surface area (Å²) in [7, 11) is 0. The van der Waals surface area contributed by atoms with Gasteiger partial charge in [-0.3, -0.25) is 4.68 Å². The van der Waals surface area contributed by atoms with Gasteiger partial charge in [0.2, 0.25) is 0 Å². The van der Waals surface area contributed by atoms with Crippen LogP contribution in [0.5, 0.6) is 0 Å². The maximum absolute atomic E-state index is 4.44. The van der Waals surface area contributed by atoms with E-state index in [1.54, 1.807) is 18.0 Å². The first-order chi connectivity index (χ1) is 9.19. The molecule has 0 aliphatic heterocycles. The van der Waals surface area contributed by atoms with Gasteiger partial charge in [0.25, 0.3) is 0 Å². The zero-order valence-electron chi connectivity index (χ0n) is 11.6. The summed E-state index contributed by atoms with van der Waals surface area (Å²) >= 11 is 1.55. The fourth-order valence-electron chi connectivity index (χ4n) is 1.88. The van der Waals surface area contributed by atoms with E-state index in [2.05, 4.69) is 33.4 Å². The van der Waals surface area contributed by atoms with Crippen molar-refractivity contribution in [1.82, 2.24) is 19.7 Å². The monoisotopic (exact) mass is 277 g/mol. The van der Waals surface area contributed by atoms with Gasteiger partial charge < -0.3 is 5.32 Å². The van der Waals surface area contributed by atoms with Crippen molar-refractivity contribution in [2.45, 2.75) is 32.0 Å². The van der Waals surface area contributed by atoms with Crippen molar-refractivity contribution in [3.05, 3.63) is 29.7 Å². The third-order valence-corrected chi connectivity index (χ3v) is 3.33. The lowest BCUT2D eigenvalue weighted by molar-refractivity contribution is 0.573. The van der Waals surface area contributed by atoms with Gasteiger partial charge in [0.05, 0.1) is 5.69 Å². The molecule has 0 aromatic carbocycles. The Morgan fingerprint density at radius 2 is 2.21 bits per heavy atom. The van der Waals surface area contributed by atoms with E-state index in [-0.39, 0.29) is 0 Å². The van der Waals surface area contributed by atoms with Crippen molar-refractivity contribution in [2.75, 3.05) is 18.1 Å². The minimum absolute atomic E-state index is 0.795. The summed E-state index contributed by atoms with van der Waals surface area (Å²) < 4.78 is 2.05. The van der Waals surface area contributed by atoms with Crippen LogP contribution in [-0.2, 0) is 6.54 Å². The number of thioether (sulfide) groups is 1. The lowest BCUT2D eigenvalue weighted by Crippen LogP contribution is -2.09. The summed E-state index contributed by atoms with van der Waals surface area (Å²) in [5.74, 6) is 0.882. The van der Waals surface area contributed by atoms with E-state index in [0.717, 1.165) is 36.2 Å². The Morgan fingerprint density at radius 1 is 1.37 bits per heavy atom. The zero-order valence-corrected chi connectivity index (χ0v) is 12.4. The Balaban J connectivity index is 1.79. The second kappa shape index (κ2) is 6.56. The number of nitrogens with one attached hydrogen (secondary N) is 1. The van der Waals surface area contributed by atoms with Gasteiger partial charge in [-0.1, -0.05) is 11.8 Å². The minimum Gasteiger partial charge on any atom is -0.370 e. The lowest BCUT2D eigenvalue weighted by Gasteiger charge is -2.07. The molecule has 6 heteroatoms. The van der Waals surface area contributed by atoms with Crippen molar-refractivity contribution in [3.63, 3.8) is 0 Å². The van der Waals surface area contributed by atoms with Gasteiger partial charge in [0, 0.05) is 25.0 Å². The molecule has 0 aliphatic rings. The van der Waals surface area contributed by atoms with E-state index >= 15 is 0 Å². The third-order valence-electron chi connectivity index (χ3n) is 2.77. The molecule has 2 heterocycles. The lowest BCUT2D eigenvalue weighted by atomic mass is 10.4. The molecule has 2 aromatic heterocycles. The molecule has 0 aliphatic carbocycles. The molecule has 0 amide bonds. The number of hydrogen-bond acceptors (Lipinski definition) is 5. The summed E-state index contributed by atoms with van der Waals surface area (Å²) in [4.78, 5) is 8.52. The van der Waals surface area contributed by atoms with Crippen molar-refractivity contribution in [1.29, 1.82) is 0 Å². The molecule has 0 bridgehead atoms. The molecular weight excluding hydrogens is 258 g/mol. The number of rotatable bonds is 6. The van der Waals surface area contributed by atoms with Crippen LogP contribution in [0.2, 0.25) is 0 Å². The standard InChI is InChI=1S/C13H19N5S/c1-10-9-11(2)18(17-10)8-4-6-14-12-5-7-15-13(16-12)19-3/h5,7,9H,4,6,8H2,1-3H3,(H,14,15,16). The number of hydrogen-bond donors (Lipinski definition) is 1. The van der Waals surface area contributed by atoms with Gasteiger partial charge in [-0.15, -0.1) is 0 Å². The van der Waals surface area contributed by atoms with Crippen LogP contribution in [0.3, 0.4) is 0 Å². The summed E-state index contributed by atoms with van der Waals surface area (Å²) in [5.41, 5.74) is 2.29. The summed E-state index contributed by atoms with van der Waals surface area (Å²) in [6.07, 6.45) is 4.77. The third kappa shape index (κ3) is 3.96. The minimum atomic E-state index is 0.795. The molecule has 5 nitrogen and oxygen atoms in total. The van der Waals surface area contributed by atoms with Crippen LogP contribution in [0.4, 0.5) is 5.82 Å². The Labute approximate surface area is 117 Å². The van der Waals surface area contributed by atoms with Crippen LogP contribution in [0.15, 0.2) is 23.5 Å². The van der Waals surface area contributed by atoms with E-state index in [1.165, 1.54) is 5.69 Å². The summed E-state index contributed by atoms with van der Waals surface area (Å²) in [6, 6.07) is 3.99. The molecule has 1 N–H and O–H groups in total. The molecule has 2 aromatic rings. The van der Waals surface area contributed by atoms with E-state index in [0.29, 0.717) is 0 Å². The Bertz CT molecular complexity index is 538. The van der Waals surface area contributed by atoms with E-state index in [4.69, 9.17) is 0 Å². The van der Waals surface area contributed by atoms with Crippen LogP contribution < -0.4 is 5.32 Å².